The lowest BCUT2D eigenvalue weighted by atomic mass is 10.4. The average molecular weight is 288 g/mol. The van der Waals surface area contributed by atoms with Gasteiger partial charge in [-0.2, -0.15) is 0 Å². The van der Waals surface area contributed by atoms with Crippen molar-refractivity contribution in [1.82, 2.24) is 5.43 Å². The SMILES string of the molecule is CC(C(=O)NN)P(=O)(c1ccccc1)c1ccccc1. The van der Waals surface area contributed by atoms with E-state index < -0.39 is 18.7 Å². The molecule has 104 valence electrons. The summed E-state index contributed by atoms with van der Waals surface area (Å²) in [5.41, 5.74) is 1.37. The van der Waals surface area contributed by atoms with Crippen LogP contribution in [-0.2, 0) is 9.36 Å². The molecule has 1 atom stereocenters. The summed E-state index contributed by atoms with van der Waals surface area (Å²) >= 11 is 0. The Kier molecular flexibility index (Phi) is 4.38. The number of hydrogen-bond acceptors (Lipinski definition) is 3. The number of hydrazine groups is 1. The fraction of sp³-hybridized carbons (Fsp3) is 0.133. The van der Waals surface area contributed by atoms with Crippen LogP contribution >= 0.6 is 7.14 Å². The van der Waals surface area contributed by atoms with E-state index in [1.54, 1.807) is 31.2 Å². The normalized spacial score (nSPS) is 12.7. The van der Waals surface area contributed by atoms with Crippen LogP contribution in [0, 0.1) is 0 Å². The molecule has 5 heteroatoms. The summed E-state index contributed by atoms with van der Waals surface area (Å²) in [6.45, 7) is 1.64. The number of amides is 1. The second-order valence-electron chi connectivity index (χ2n) is 4.51. The largest absolute Gasteiger partial charge is 0.313 e. The Balaban J connectivity index is 2.61. The highest BCUT2D eigenvalue weighted by Gasteiger charge is 2.37. The van der Waals surface area contributed by atoms with Crippen LogP contribution in [-0.4, -0.2) is 11.6 Å². The van der Waals surface area contributed by atoms with Gasteiger partial charge in [0.25, 0.3) is 0 Å². The lowest BCUT2D eigenvalue weighted by Gasteiger charge is -2.24. The number of carbonyl (C=O) groups excluding carboxylic acids is 1. The van der Waals surface area contributed by atoms with Crippen molar-refractivity contribution in [2.24, 2.45) is 5.84 Å². The minimum atomic E-state index is -3.08. The number of nitrogens with two attached hydrogens (primary N) is 1. The lowest BCUT2D eigenvalue weighted by Crippen LogP contribution is -2.41. The summed E-state index contributed by atoms with van der Waals surface area (Å²) in [5.74, 6) is 4.78. The van der Waals surface area contributed by atoms with Crippen LogP contribution < -0.4 is 21.9 Å². The van der Waals surface area contributed by atoms with Gasteiger partial charge in [0.2, 0.25) is 5.91 Å². The second-order valence-corrected chi connectivity index (χ2v) is 7.64. The van der Waals surface area contributed by atoms with Gasteiger partial charge in [-0.25, -0.2) is 5.84 Å². The van der Waals surface area contributed by atoms with Crippen LogP contribution in [0.3, 0.4) is 0 Å². The fourth-order valence-corrected chi connectivity index (χ4v) is 5.01. The van der Waals surface area contributed by atoms with E-state index >= 15 is 0 Å². The van der Waals surface area contributed by atoms with Gasteiger partial charge >= 0.3 is 0 Å². The summed E-state index contributed by atoms with van der Waals surface area (Å²) in [6, 6.07) is 18.1. The summed E-state index contributed by atoms with van der Waals surface area (Å²) in [7, 11) is -3.08. The Morgan fingerprint density at radius 2 is 1.40 bits per heavy atom. The Hall–Kier alpha value is -1.90. The third-order valence-corrected chi connectivity index (χ3v) is 6.80. The van der Waals surface area contributed by atoms with Crippen LogP contribution in [0.2, 0.25) is 0 Å². The van der Waals surface area contributed by atoms with Gasteiger partial charge in [0.1, 0.15) is 0 Å². The average Bonchev–Trinajstić information content (AvgIpc) is 2.54. The highest BCUT2D eigenvalue weighted by molar-refractivity contribution is 7.80. The van der Waals surface area contributed by atoms with Gasteiger partial charge in [-0.15, -0.1) is 0 Å². The predicted molar refractivity (Wildman–Crippen MR) is 81.6 cm³/mol. The molecule has 0 radical (unpaired) electrons. The molecule has 3 N–H and O–H groups in total. The summed E-state index contributed by atoms with van der Waals surface area (Å²) in [4.78, 5) is 11.9. The Labute approximate surface area is 118 Å². The van der Waals surface area contributed by atoms with Crippen LogP contribution in [0.5, 0.6) is 0 Å². The van der Waals surface area contributed by atoms with E-state index in [1.165, 1.54) is 0 Å². The van der Waals surface area contributed by atoms with Crippen LogP contribution in [0.25, 0.3) is 0 Å². The highest BCUT2D eigenvalue weighted by Crippen LogP contribution is 2.48. The minimum absolute atomic E-state index is 0.430. The molecule has 0 heterocycles. The molecule has 0 aromatic heterocycles. The van der Waals surface area contributed by atoms with Crippen molar-refractivity contribution in [3.63, 3.8) is 0 Å². The molecule has 2 aromatic rings. The molecule has 0 bridgehead atoms. The third-order valence-electron chi connectivity index (χ3n) is 3.35. The first kappa shape index (κ1) is 14.5. The highest BCUT2D eigenvalue weighted by atomic mass is 31.2. The second kappa shape index (κ2) is 6.04. The Morgan fingerprint density at radius 3 is 1.75 bits per heavy atom. The Bertz CT molecular complexity index is 585. The van der Waals surface area contributed by atoms with Gasteiger partial charge < -0.3 is 4.57 Å². The maximum absolute atomic E-state index is 13.6. The van der Waals surface area contributed by atoms with Gasteiger partial charge in [-0.1, -0.05) is 60.7 Å². The molecular formula is C15H17N2O2P. The van der Waals surface area contributed by atoms with E-state index in [1.807, 2.05) is 36.4 Å². The summed E-state index contributed by atoms with van der Waals surface area (Å²) < 4.78 is 13.6. The van der Waals surface area contributed by atoms with Gasteiger partial charge in [0.15, 0.2) is 7.14 Å². The van der Waals surface area contributed by atoms with Gasteiger partial charge in [0.05, 0.1) is 5.66 Å². The maximum atomic E-state index is 13.6. The molecule has 0 aliphatic heterocycles. The van der Waals surface area contributed by atoms with Crippen molar-refractivity contribution in [1.29, 1.82) is 0 Å². The summed E-state index contributed by atoms with van der Waals surface area (Å²) in [6.07, 6.45) is 0. The van der Waals surface area contributed by atoms with E-state index in [0.29, 0.717) is 10.6 Å². The molecule has 20 heavy (non-hydrogen) atoms. The van der Waals surface area contributed by atoms with Crippen molar-refractivity contribution in [2.45, 2.75) is 12.6 Å². The number of hydrogen-bond donors (Lipinski definition) is 2. The van der Waals surface area contributed by atoms with Crippen molar-refractivity contribution in [2.75, 3.05) is 0 Å². The molecule has 4 nitrogen and oxygen atoms in total. The van der Waals surface area contributed by atoms with Gasteiger partial charge in [-0.3, -0.25) is 10.2 Å². The molecule has 1 unspecified atom stereocenters. The Morgan fingerprint density at radius 1 is 1.00 bits per heavy atom. The summed E-state index contributed by atoms with van der Waals surface area (Å²) in [5, 5.41) is 1.31. The minimum Gasteiger partial charge on any atom is -0.313 e. The number of benzene rings is 2. The predicted octanol–water partition coefficient (Wildman–Crippen LogP) is 1.38. The van der Waals surface area contributed by atoms with Crippen LogP contribution in [0.4, 0.5) is 0 Å². The van der Waals surface area contributed by atoms with Crippen molar-refractivity contribution >= 4 is 23.7 Å². The van der Waals surface area contributed by atoms with Crippen molar-refractivity contribution in [3.05, 3.63) is 60.7 Å². The number of nitrogens with one attached hydrogen (secondary N) is 1. The smallest absolute Gasteiger partial charge is 0.244 e. The molecular weight excluding hydrogens is 271 g/mol. The van der Waals surface area contributed by atoms with Crippen LogP contribution in [0.1, 0.15) is 6.92 Å². The molecule has 2 aromatic carbocycles. The standard InChI is InChI=1S/C15H17N2O2P/c1-12(15(18)17-16)20(19,13-8-4-2-5-9-13)14-10-6-3-7-11-14/h2-12H,16H2,1H3,(H,17,18). The van der Waals surface area contributed by atoms with Gasteiger partial charge in [-0.05, 0) is 6.92 Å². The number of carbonyl (C=O) groups is 1. The first-order valence-electron chi connectivity index (χ1n) is 6.32. The first-order valence-corrected chi connectivity index (χ1v) is 8.09. The molecule has 0 saturated carbocycles. The van der Waals surface area contributed by atoms with Crippen molar-refractivity contribution in [3.8, 4) is 0 Å². The first-order chi connectivity index (χ1) is 9.60. The van der Waals surface area contributed by atoms with E-state index in [-0.39, 0.29) is 0 Å². The fourth-order valence-electron chi connectivity index (χ4n) is 2.18. The molecule has 0 aliphatic carbocycles. The molecule has 0 fully saturated rings. The van der Waals surface area contributed by atoms with E-state index in [2.05, 4.69) is 5.43 Å². The van der Waals surface area contributed by atoms with Crippen LogP contribution in [0.15, 0.2) is 60.7 Å². The zero-order chi connectivity index (χ0) is 14.6. The third kappa shape index (κ3) is 2.53. The van der Waals surface area contributed by atoms with E-state index in [0.717, 1.165) is 0 Å². The van der Waals surface area contributed by atoms with E-state index in [9.17, 15) is 9.36 Å². The zero-order valence-electron chi connectivity index (χ0n) is 11.2. The monoisotopic (exact) mass is 288 g/mol. The van der Waals surface area contributed by atoms with E-state index in [4.69, 9.17) is 5.84 Å². The molecule has 2 rings (SSSR count). The quantitative estimate of drug-likeness (QED) is 0.386. The number of rotatable bonds is 4. The molecule has 0 spiro atoms. The molecule has 0 aliphatic rings. The zero-order valence-corrected chi connectivity index (χ0v) is 12.1. The maximum Gasteiger partial charge on any atom is 0.244 e. The lowest BCUT2D eigenvalue weighted by molar-refractivity contribution is -0.120. The topological polar surface area (TPSA) is 72.2 Å². The molecule has 0 saturated heterocycles. The molecule has 1 amide bonds. The van der Waals surface area contributed by atoms with Gasteiger partial charge in [0, 0.05) is 10.6 Å². The van der Waals surface area contributed by atoms with Crippen molar-refractivity contribution < 1.29 is 9.36 Å².